The molecule has 0 bridgehead atoms. The third kappa shape index (κ3) is 2.87. The molecule has 0 aliphatic carbocycles. The molecule has 1 aromatic rings. The average molecular weight is 256 g/mol. The van der Waals surface area contributed by atoms with Gasteiger partial charge in [-0.3, -0.25) is 0 Å². The first-order valence-corrected chi connectivity index (χ1v) is 6.42. The number of aromatic nitrogens is 2. The quantitative estimate of drug-likeness (QED) is 0.841. The minimum absolute atomic E-state index is 0.375. The summed E-state index contributed by atoms with van der Waals surface area (Å²) in [6.45, 7) is 5.84. The van der Waals surface area contributed by atoms with Gasteiger partial charge in [-0.2, -0.15) is 0 Å². The van der Waals surface area contributed by atoms with Crippen LogP contribution in [0.3, 0.4) is 0 Å². The largest absolute Gasteiger partial charge is 0.378 e. The maximum atomic E-state index is 5.95. The Balaban J connectivity index is 1.95. The lowest BCUT2D eigenvalue weighted by Gasteiger charge is -2.18. The van der Waals surface area contributed by atoms with E-state index >= 15 is 0 Å². The SMILES string of the molecule is CCC1OCCC1CNc1ncnc(Cl)c1C. The van der Waals surface area contributed by atoms with Crippen molar-refractivity contribution in [1.29, 1.82) is 0 Å². The van der Waals surface area contributed by atoms with Crippen LogP contribution in [0.1, 0.15) is 25.3 Å². The van der Waals surface area contributed by atoms with Crippen LogP contribution in [-0.2, 0) is 4.74 Å². The number of hydrogen-bond donors (Lipinski definition) is 1. The molecule has 4 nitrogen and oxygen atoms in total. The molecule has 1 N–H and O–H groups in total. The van der Waals surface area contributed by atoms with Crippen molar-refractivity contribution >= 4 is 17.4 Å². The molecule has 0 saturated carbocycles. The molecule has 2 unspecified atom stereocenters. The van der Waals surface area contributed by atoms with Gasteiger partial charge in [0.15, 0.2) is 0 Å². The lowest BCUT2D eigenvalue weighted by Crippen LogP contribution is -2.23. The number of nitrogens with zero attached hydrogens (tertiary/aromatic N) is 2. The van der Waals surface area contributed by atoms with Crippen LogP contribution < -0.4 is 5.32 Å². The molecule has 94 valence electrons. The van der Waals surface area contributed by atoms with Gasteiger partial charge in [-0.15, -0.1) is 0 Å². The average Bonchev–Trinajstić information content (AvgIpc) is 2.78. The molecular formula is C12H18ClN3O. The van der Waals surface area contributed by atoms with E-state index in [1.165, 1.54) is 6.33 Å². The van der Waals surface area contributed by atoms with Gasteiger partial charge in [0.1, 0.15) is 17.3 Å². The zero-order chi connectivity index (χ0) is 12.3. The third-order valence-corrected chi connectivity index (χ3v) is 3.68. The van der Waals surface area contributed by atoms with Gasteiger partial charge in [-0.25, -0.2) is 9.97 Å². The Morgan fingerprint density at radius 1 is 1.53 bits per heavy atom. The predicted molar refractivity (Wildman–Crippen MR) is 68.4 cm³/mol. The number of halogens is 1. The molecule has 1 aliphatic heterocycles. The molecule has 0 radical (unpaired) electrons. The smallest absolute Gasteiger partial charge is 0.137 e. The number of ether oxygens (including phenoxy) is 1. The maximum absolute atomic E-state index is 5.95. The van der Waals surface area contributed by atoms with Gasteiger partial charge in [-0.05, 0) is 19.8 Å². The van der Waals surface area contributed by atoms with Crippen molar-refractivity contribution in [3.8, 4) is 0 Å². The fourth-order valence-electron chi connectivity index (χ4n) is 2.21. The van der Waals surface area contributed by atoms with E-state index in [0.717, 1.165) is 37.4 Å². The summed E-state index contributed by atoms with van der Waals surface area (Å²) in [4.78, 5) is 8.14. The van der Waals surface area contributed by atoms with Crippen molar-refractivity contribution in [3.63, 3.8) is 0 Å². The fourth-order valence-corrected chi connectivity index (χ4v) is 2.35. The second kappa shape index (κ2) is 5.65. The van der Waals surface area contributed by atoms with E-state index in [9.17, 15) is 0 Å². The minimum atomic E-state index is 0.375. The van der Waals surface area contributed by atoms with Crippen LogP contribution >= 0.6 is 11.6 Å². The van der Waals surface area contributed by atoms with Gasteiger partial charge in [0, 0.05) is 24.6 Å². The van der Waals surface area contributed by atoms with E-state index in [4.69, 9.17) is 16.3 Å². The molecule has 0 amide bonds. The minimum Gasteiger partial charge on any atom is -0.378 e. The van der Waals surface area contributed by atoms with Crippen molar-refractivity contribution in [2.45, 2.75) is 32.8 Å². The lowest BCUT2D eigenvalue weighted by atomic mass is 10.00. The van der Waals surface area contributed by atoms with Crippen LogP contribution in [0, 0.1) is 12.8 Å². The highest BCUT2D eigenvalue weighted by Crippen LogP contribution is 2.24. The van der Waals surface area contributed by atoms with Crippen LogP contribution in [0.4, 0.5) is 5.82 Å². The Morgan fingerprint density at radius 2 is 2.35 bits per heavy atom. The van der Waals surface area contributed by atoms with E-state index in [2.05, 4.69) is 22.2 Å². The molecule has 2 heterocycles. The van der Waals surface area contributed by atoms with E-state index in [1.54, 1.807) is 0 Å². The van der Waals surface area contributed by atoms with Gasteiger partial charge in [0.2, 0.25) is 0 Å². The second-order valence-electron chi connectivity index (χ2n) is 4.39. The molecule has 1 saturated heterocycles. The molecule has 5 heteroatoms. The lowest BCUT2D eigenvalue weighted by molar-refractivity contribution is 0.0900. The number of hydrogen-bond acceptors (Lipinski definition) is 4. The molecule has 0 spiro atoms. The van der Waals surface area contributed by atoms with Gasteiger partial charge in [0.25, 0.3) is 0 Å². The summed E-state index contributed by atoms with van der Waals surface area (Å²) in [7, 11) is 0. The summed E-state index contributed by atoms with van der Waals surface area (Å²) >= 11 is 5.95. The Bertz CT molecular complexity index is 386. The summed E-state index contributed by atoms with van der Waals surface area (Å²) in [6.07, 6.45) is 4.04. The van der Waals surface area contributed by atoms with E-state index < -0.39 is 0 Å². The van der Waals surface area contributed by atoms with Gasteiger partial charge in [-0.1, -0.05) is 18.5 Å². The topological polar surface area (TPSA) is 47.0 Å². The Morgan fingerprint density at radius 3 is 3.12 bits per heavy atom. The molecule has 1 aliphatic rings. The molecular weight excluding hydrogens is 238 g/mol. The summed E-state index contributed by atoms with van der Waals surface area (Å²) in [5, 5.41) is 3.86. The normalized spacial score (nSPS) is 23.9. The van der Waals surface area contributed by atoms with Crippen molar-refractivity contribution in [2.24, 2.45) is 5.92 Å². The summed E-state index contributed by atoms with van der Waals surface area (Å²) in [5.41, 5.74) is 0.904. The van der Waals surface area contributed by atoms with E-state index in [1.807, 2.05) is 6.92 Å². The second-order valence-corrected chi connectivity index (χ2v) is 4.74. The van der Waals surface area contributed by atoms with E-state index in [-0.39, 0.29) is 0 Å². The summed E-state index contributed by atoms with van der Waals surface area (Å²) in [5.74, 6) is 1.39. The van der Waals surface area contributed by atoms with Crippen molar-refractivity contribution in [3.05, 3.63) is 17.0 Å². The van der Waals surface area contributed by atoms with Gasteiger partial charge < -0.3 is 10.1 Å². The standard InChI is InChI=1S/C12H18ClN3O/c1-3-10-9(4-5-17-10)6-14-12-8(2)11(13)15-7-16-12/h7,9-10H,3-6H2,1-2H3,(H,14,15,16). The molecule has 1 aromatic heterocycles. The summed E-state index contributed by atoms with van der Waals surface area (Å²) < 4.78 is 5.66. The van der Waals surface area contributed by atoms with Crippen molar-refractivity contribution in [2.75, 3.05) is 18.5 Å². The Hall–Kier alpha value is -0.870. The number of nitrogens with one attached hydrogen (secondary N) is 1. The van der Waals surface area contributed by atoms with Gasteiger partial charge in [0.05, 0.1) is 6.10 Å². The molecule has 1 fully saturated rings. The highest BCUT2D eigenvalue weighted by molar-refractivity contribution is 6.30. The first-order chi connectivity index (χ1) is 8.22. The monoisotopic (exact) mass is 255 g/mol. The van der Waals surface area contributed by atoms with Crippen molar-refractivity contribution in [1.82, 2.24) is 9.97 Å². The van der Waals surface area contributed by atoms with Crippen LogP contribution in [0.15, 0.2) is 6.33 Å². The number of rotatable bonds is 4. The molecule has 2 atom stereocenters. The Labute approximate surface area is 107 Å². The third-order valence-electron chi connectivity index (χ3n) is 3.30. The van der Waals surface area contributed by atoms with Crippen LogP contribution in [0.5, 0.6) is 0 Å². The Kier molecular flexibility index (Phi) is 4.18. The van der Waals surface area contributed by atoms with Crippen LogP contribution in [-0.4, -0.2) is 29.2 Å². The first kappa shape index (κ1) is 12.6. The molecule has 0 aromatic carbocycles. The highest BCUT2D eigenvalue weighted by Gasteiger charge is 2.26. The molecule has 17 heavy (non-hydrogen) atoms. The van der Waals surface area contributed by atoms with Gasteiger partial charge >= 0.3 is 0 Å². The van der Waals surface area contributed by atoms with Crippen LogP contribution in [0.2, 0.25) is 5.15 Å². The fraction of sp³-hybridized carbons (Fsp3) is 0.667. The predicted octanol–water partition coefficient (Wildman–Crippen LogP) is 2.67. The zero-order valence-electron chi connectivity index (χ0n) is 10.2. The summed E-state index contributed by atoms with van der Waals surface area (Å²) in [6, 6.07) is 0. The first-order valence-electron chi connectivity index (χ1n) is 6.05. The van der Waals surface area contributed by atoms with Crippen LogP contribution in [0.25, 0.3) is 0 Å². The van der Waals surface area contributed by atoms with Crippen molar-refractivity contribution < 1.29 is 4.74 Å². The highest BCUT2D eigenvalue weighted by atomic mass is 35.5. The molecule has 2 rings (SSSR count). The van der Waals surface area contributed by atoms with E-state index in [0.29, 0.717) is 17.2 Å². The zero-order valence-corrected chi connectivity index (χ0v) is 11.0. The number of anilines is 1. The maximum Gasteiger partial charge on any atom is 0.137 e.